The summed E-state index contributed by atoms with van der Waals surface area (Å²) in [5.74, 6) is 0.984. The zero-order valence-corrected chi connectivity index (χ0v) is 18.5. The van der Waals surface area contributed by atoms with Crippen molar-refractivity contribution in [2.24, 2.45) is 0 Å². The minimum Gasteiger partial charge on any atom is -0.497 e. The third-order valence-electron chi connectivity index (χ3n) is 5.33. The van der Waals surface area contributed by atoms with Gasteiger partial charge in [-0.15, -0.1) is 0 Å². The smallest absolute Gasteiger partial charge is 0.339 e. The van der Waals surface area contributed by atoms with Gasteiger partial charge in [0.15, 0.2) is 0 Å². The normalized spacial score (nSPS) is 11.0. The van der Waals surface area contributed by atoms with Gasteiger partial charge >= 0.3 is 5.63 Å². The van der Waals surface area contributed by atoms with Gasteiger partial charge in [0.05, 0.1) is 19.9 Å². The summed E-state index contributed by atoms with van der Waals surface area (Å²) in [6.07, 6.45) is 2.04. The number of rotatable bonds is 7. The van der Waals surface area contributed by atoms with Crippen molar-refractivity contribution in [3.8, 4) is 5.75 Å². The lowest BCUT2D eigenvalue weighted by Crippen LogP contribution is -2.18. The molecule has 1 N–H and O–H groups in total. The van der Waals surface area contributed by atoms with E-state index in [-0.39, 0.29) is 18.7 Å². The molecule has 0 aliphatic heterocycles. The van der Waals surface area contributed by atoms with E-state index in [9.17, 15) is 9.59 Å². The highest BCUT2D eigenvalue weighted by molar-refractivity contribution is 6.30. The maximum absolute atomic E-state index is 12.6. The molecule has 0 aliphatic carbocycles. The third-order valence-corrected chi connectivity index (χ3v) is 5.58. The van der Waals surface area contributed by atoms with Crippen LogP contribution in [0.1, 0.15) is 23.1 Å². The predicted molar refractivity (Wildman–Crippen MR) is 124 cm³/mol. The van der Waals surface area contributed by atoms with Crippen LogP contribution < -0.4 is 15.7 Å². The molecule has 0 spiro atoms. The Hall–Kier alpha value is -3.58. The summed E-state index contributed by atoms with van der Waals surface area (Å²) in [5.41, 5.74) is 2.33. The highest BCUT2D eigenvalue weighted by Gasteiger charge is 2.15. The fourth-order valence-electron chi connectivity index (χ4n) is 3.56. The Morgan fingerprint density at radius 3 is 2.72 bits per heavy atom. The standard InChI is InChI=1S/C24H22ClN3O4/c1-15-19-8-7-18(31-2)13-21(19)32-24(30)20(15)9-10-23(29)27-22-11-12-26-28(22)14-16-3-5-17(25)6-4-16/h3-8,11-13H,9-10,14H2,1-2H3,(H,27,29). The van der Waals surface area contributed by atoms with Crippen LogP contribution in [-0.2, 0) is 17.8 Å². The second kappa shape index (κ2) is 9.28. The molecule has 0 radical (unpaired) electrons. The Bertz CT molecular complexity index is 1330. The number of hydrogen-bond acceptors (Lipinski definition) is 5. The lowest BCUT2D eigenvalue weighted by atomic mass is 10.0. The van der Waals surface area contributed by atoms with E-state index in [1.165, 1.54) is 0 Å². The maximum atomic E-state index is 12.6. The van der Waals surface area contributed by atoms with Gasteiger partial charge in [-0.05, 0) is 48.7 Å². The number of nitrogens with one attached hydrogen (secondary N) is 1. The number of amides is 1. The summed E-state index contributed by atoms with van der Waals surface area (Å²) >= 11 is 5.93. The molecule has 164 valence electrons. The summed E-state index contributed by atoms with van der Waals surface area (Å²) in [6.45, 7) is 2.36. The highest BCUT2D eigenvalue weighted by atomic mass is 35.5. The van der Waals surface area contributed by atoms with Crippen molar-refractivity contribution >= 4 is 34.3 Å². The van der Waals surface area contributed by atoms with Crippen LogP contribution in [0, 0.1) is 6.92 Å². The maximum Gasteiger partial charge on any atom is 0.339 e. The topological polar surface area (TPSA) is 86.4 Å². The Balaban J connectivity index is 1.45. The van der Waals surface area contributed by atoms with Gasteiger partial charge < -0.3 is 14.5 Å². The van der Waals surface area contributed by atoms with Gasteiger partial charge in [-0.1, -0.05) is 23.7 Å². The summed E-state index contributed by atoms with van der Waals surface area (Å²) in [7, 11) is 1.56. The van der Waals surface area contributed by atoms with Crippen LogP contribution in [0.5, 0.6) is 5.75 Å². The minimum absolute atomic E-state index is 0.138. The first kappa shape index (κ1) is 21.6. The molecule has 0 unspecified atom stereocenters. The zero-order valence-electron chi connectivity index (χ0n) is 17.7. The van der Waals surface area contributed by atoms with Crippen molar-refractivity contribution < 1.29 is 13.9 Å². The first-order chi connectivity index (χ1) is 15.4. The first-order valence-corrected chi connectivity index (χ1v) is 10.5. The predicted octanol–water partition coefficient (Wildman–Crippen LogP) is 4.58. The number of halogens is 1. The second-order valence-corrected chi connectivity index (χ2v) is 7.84. The van der Waals surface area contributed by atoms with Crippen molar-refractivity contribution in [3.63, 3.8) is 0 Å². The SMILES string of the molecule is COc1ccc2c(C)c(CCC(=O)Nc3ccnn3Cc3ccc(Cl)cc3)c(=O)oc2c1. The first-order valence-electron chi connectivity index (χ1n) is 10.1. The van der Waals surface area contributed by atoms with E-state index in [0.717, 1.165) is 16.5 Å². The van der Waals surface area contributed by atoms with Gasteiger partial charge in [0.2, 0.25) is 5.91 Å². The molecule has 4 aromatic rings. The largest absolute Gasteiger partial charge is 0.497 e. The third kappa shape index (κ3) is 4.68. The van der Waals surface area contributed by atoms with Crippen LogP contribution >= 0.6 is 11.6 Å². The number of fused-ring (bicyclic) bond motifs is 1. The van der Waals surface area contributed by atoms with Crippen molar-refractivity contribution in [2.45, 2.75) is 26.3 Å². The Morgan fingerprint density at radius 2 is 1.97 bits per heavy atom. The molecule has 4 rings (SSSR count). The average Bonchev–Trinajstić information content (AvgIpc) is 3.21. The average molecular weight is 452 g/mol. The fraction of sp³-hybridized carbons (Fsp3) is 0.208. The molecule has 7 nitrogen and oxygen atoms in total. The number of carbonyl (C=O) groups is 1. The molecule has 8 heteroatoms. The van der Waals surface area contributed by atoms with Crippen molar-refractivity contribution in [3.05, 3.63) is 86.9 Å². The van der Waals surface area contributed by atoms with Gasteiger partial charge in [-0.25, -0.2) is 9.48 Å². The number of anilines is 1. The zero-order chi connectivity index (χ0) is 22.7. The van der Waals surface area contributed by atoms with Gasteiger partial charge in [-0.2, -0.15) is 5.10 Å². The Kier molecular flexibility index (Phi) is 6.28. The van der Waals surface area contributed by atoms with Crippen molar-refractivity contribution in [1.29, 1.82) is 0 Å². The molecule has 2 heterocycles. The quantitative estimate of drug-likeness (QED) is 0.415. The molecular weight excluding hydrogens is 430 g/mol. The summed E-state index contributed by atoms with van der Waals surface area (Å²) in [4.78, 5) is 25.1. The van der Waals surface area contributed by atoms with Crippen LogP contribution in [0.25, 0.3) is 11.0 Å². The number of ether oxygens (including phenoxy) is 1. The number of carbonyl (C=O) groups excluding carboxylic acids is 1. The molecule has 2 aromatic carbocycles. The van der Waals surface area contributed by atoms with Crippen LogP contribution in [0.15, 0.2) is 63.9 Å². The van der Waals surface area contributed by atoms with Crippen LogP contribution in [0.3, 0.4) is 0 Å². The molecule has 2 aromatic heterocycles. The van der Waals surface area contributed by atoms with E-state index < -0.39 is 5.63 Å². The van der Waals surface area contributed by atoms with Crippen LogP contribution in [0.2, 0.25) is 5.02 Å². The second-order valence-electron chi connectivity index (χ2n) is 7.40. The number of methoxy groups -OCH3 is 1. The van der Waals surface area contributed by atoms with Gasteiger partial charge in [0.25, 0.3) is 0 Å². The Labute approximate surface area is 189 Å². The van der Waals surface area contributed by atoms with E-state index >= 15 is 0 Å². The molecule has 0 fully saturated rings. The van der Waals surface area contributed by atoms with Gasteiger partial charge in [0, 0.05) is 34.5 Å². The molecule has 0 bridgehead atoms. The van der Waals surface area contributed by atoms with E-state index in [1.807, 2.05) is 43.3 Å². The van der Waals surface area contributed by atoms with Crippen LogP contribution in [0.4, 0.5) is 5.82 Å². The van der Waals surface area contributed by atoms with Gasteiger partial charge in [0.1, 0.15) is 17.2 Å². The number of aryl methyl sites for hydroxylation is 1. The monoisotopic (exact) mass is 451 g/mol. The Morgan fingerprint density at radius 1 is 1.19 bits per heavy atom. The molecule has 1 amide bonds. The molecule has 0 saturated carbocycles. The summed E-state index contributed by atoms with van der Waals surface area (Å²) in [6, 6.07) is 14.5. The molecular formula is C24H22ClN3O4. The molecule has 0 aliphatic rings. The van der Waals surface area contributed by atoms with E-state index in [1.54, 1.807) is 30.1 Å². The summed E-state index contributed by atoms with van der Waals surface area (Å²) < 4.78 is 12.3. The van der Waals surface area contributed by atoms with Gasteiger partial charge in [-0.3, -0.25) is 4.79 Å². The number of hydrogen-bond donors (Lipinski definition) is 1. The fourth-order valence-corrected chi connectivity index (χ4v) is 3.69. The molecule has 0 saturated heterocycles. The summed E-state index contributed by atoms with van der Waals surface area (Å²) in [5, 5.41) is 8.63. The van der Waals surface area contributed by atoms with Crippen molar-refractivity contribution in [2.75, 3.05) is 12.4 Å². The highest BCUT2D eigenvalue weighted by Crippen LogP contribution is 2.24. The van der Waals surface area contributed by atoms with E-state index in [0.29, 0.717) is 34.3 Å². The number of nitrogens with zero attached hydrogens (tertiary/aromatic N) is 2. The minimum atomic E-state index is -0.441. The lowest BCUT2D eigenvalue weighted by molar-refractivity contribution is -0.116. The van der Waals surface area contributed by atoms with E-state index in [4.69, 9.17) is 20.8 Å². The number of aromatic nitrogens is 2. The lowest BCUT2D eigenvalue weighted by Gasteiger charge is -2.11. The van der Waals surface area contributed by atoms with Crippen LogP contribution in [-0.4, -0.2) is 22.8 Å². The molecule has 0 atom stereocenters. The molecule has 32 heavy (non-hydrogen) atoms. The van der Waals surface area contributed by atoms with Crippen molar-refractivity contribution in [1.82, 2.24) is 9.78 Å². The number of benzene rings is 2. The van der Waals surface area contributed by atoms with E-state index in [2.05, 4.69) is 10.4 Å².